The molecule has 0 bridgehead atoms. The molecule has 2 heterocycles. The molecular weight excluding hydrogens is 356 g/mol. The van der Waals surface area contributed by atoms with Crippen LogP contribution in [0.25, 0.3) is 0 Å². The fourth-order valence-electron chi connectivity index (χ4n) is 3.02. The van der Waals surface area contributed by atoms with Crippen molar-refractivity contribution in [2.45, 2.75) is 30.9 Å². The Balaban J connectivity index is 1.71. The monoisotopic (exact) mass is 378 g/mol. The number of carbonyl (C=O) groups is 1. The Morgan fingerprint density at radius 1 is 1.24 bits per heavy atom. The molecule has 0 unspecified atom stereocenters. The van der Waals surface area contributed by atoms with Crippen LogP contribution in [0.2, 0.25) is 0 Å². The number of anilines is 1. The zero-order valence-electron chi connectivity index (χ0n) is 14.4. The number of nitrogens with one attached hydrogen (secondary N) is 1. The summed E-state index contributed by atoms with van der Waals surface area (Å²) >= 11 is 1.27. The third kappa shape index (κ3) is 4.11. The first-order valence-corrected chi connectivity index (χ1v) is 10.6. The van der Waals surface area contributed by atoms with Gasteiger partial charge in [-0.1, -0.05) is 12.1 Å². The molecule has 1 aliphatic heterocycles. The fourth-order valence-corrected chi connectivity index (χ4v) is 5.98. The van der Waals surface area contributed by atoms with Crippen molar-refractivity contribution in [1.82, 2.24) is 4.31 Å². The first-order chi connectivity index (χ1) is 11.9. The molecule has 5 nitrogen and oxygen atoms in total. The zero-order valence-corrected chi connectivity index (χ0v) is 16.0. The second kappa shape index (κ2) is 7.27. The number of amides is 1. The quantitative estimate of drug-likeness (QED) is 0.887. The maximum atomic E-state index is 12.8. The highest BCUT2D eigenvalue weighted by Crippen LogP contribution is 2.28. The van der Waals surface area contributed by atoms with Crippen molar-refractivity contribution in [2.75, 3.05) is 18.4 Å². The summed E-state index contributed by atoms with van der Waals surface area (Å²) in [6.07, 6.45) is 1.39. The third-order valence-electron chi connectivity index (χ3n) is 4.35. The molecule has 7 heteroatoms. The molecular formula is C18H22N2O3S2. The molecule has 2 aromatic rings. The Labute approximate surface area is 152 Å². The topological polar surface area (TPSA) is 66.5 Å². The number of benzene rings is 1. The normalized spacial score (nSPS) is 18.9. The summed E-state index contributed by atoms with van der Waals surface area (Å²) in [5, 5.41) is 2.91. The van der Waals surface area contributed by atoms with Crippen molar-refractivity contribution in [3.8, 4) is 0 Å². The number of sulfonamides is 1. The maximum Gasteiger partial charge on any atom is 0.252 e. The highest BCUT2D eigenvalue weighted by atomic mass is 32.2. The summed E-state index contributed by atoms with van der Waals surface area (Å²) in [5.41, 5.74) is 1.82. The van der Waals surface area contributed by atoms with Gasteiger partial charge < -0.3 is 5.32 Å². The number of hydrogen-bond donors (Lipinski definition) is 1. The standard InChI is InChI=1S/C18H22N2O3S2/c1-13-5-3-7-16(11-13)19-18(21)15-6-4-10-20(12-15)25(22,23)17-9-8-14(2)24-17/h3,5,7-9,11,15H,4,6,10,12H2,1-2H3,(H,19,21)/t15-/m1/s1. The smallest absolute Gasteiger partial charge is 0.252 e. The fraction of sp³-hybridized carbons (Fsp3) is 0.389. The van der Waals surface area contributed by atoms with Gasteiger partial charge >= 0.3 is 0 Å². The molecule has 1 N–H and O–H groups in total. The van der Waals surface area contributed by atoms with E-state index in [0.717, 1.165) is 16.1 Å². The van der Waals surface area contributed by atoms with Crippen LogP contribution in [-0.2, 0) is 14.8 Å². The molecule has 1 atom stereocenters. The van der Waals surface area contributed by atoms with Crippen LogP contribution in [0.4, 0.5) is 5.69 Å². The molecule has 134 valence electrons. The Bertz CT molecular complexity index is 874. The second-order valence-electron chi connectivity index (χ2n) is 6.43. The van der Waals surface area contributed by atoms with Crippen LogP contribution in [0.3, 0.4) is 0 Å². The van der Waals surface area contributed by atoms with Crippen molar-refractivity contribution < 1.29 is 13.2 Å². The average Bonchev–Trinajstić information content (AvgIpc) is 3.02. The molecule has 1 fully saturated rings. The molecule has 3 rings (SSSR count). The Kier molecular flexibility index (Phi) is 5.27. The summed E-state index contributed by atoms with van der Waals surface area (Å²) in [5.74, 6) is -0.446. The second-order valence-corrected chi connectivity index (χ2v) is 9.88. The first-order valence-electron chi connectivity index (χ1n) is 8.30. The van der Waals surface area contributed by atoms with Gasteiger partial charge in [-0.3, -0.25) is 4.79 Å². The number of carbonyl (C=O) groups excluding carboxylic acids is 1. The molecule has 0 spiro atoms. The summed E-state index contributed by atoms with van der Waals surface area (Å²) in [4.78, 5) is 13.5. The number of piperidine rings is 1. The lowest BCUT2D eigenvalue weighted by Gasteiger charge is -2.30. The van der Waals surface area contributed by atoms with E-state index < -0.39 is 10.0 Å². The summed E-state index contributed by atoms with van der Waals surface area (Å²) in [6, 6.07) is 11.1. The van der Waals surface area contributed by atoms with Gasteiger partial charge in [0.2, 0.25) is 5.91 Å². The van der Waals surface area contributed by atoms with E-state index in [9.17, 15) is 13.2 Å². The first kappa shape index (κ1) is 18.1. The van der Waals surface area contributed by atoms with Crippen molar-refractivity contribution in [3.05, 3.63) is 46.8 Å². The van der Waals surface area contributed by atoms with Crippen LogP contribution >= 0.6 is 11.3 Å². The van der Waals surface area contributed by atoms with Gasteiger partial charge in [0.15, 0.2) is 0 Å². The van der Waals surface area contributed by atoms with Crippen LogP contribution in [0.15, 0.2) is 40.6 Å². The van der Waals surface area contributed by atoms with Crippen LogP contribution < -0.4 is 5.32 Å². The largest absolute Gasteiger partial charge is 0.326 e. The van der Waals surface area contributed by atoms with Gasteiger partial charge in [-0.15, -0.1) is 11.3 Å². The van der Waals surface area contributed by atoms with Gasteiger partial charge in [-0.25, -0.2) is 8.42 Å². The van der Waals surface area contributed by atoms with Gasteiger partial charge in [0, 0.05) is 23.7 Å². The van der Waals surface area contributed by atoms with E-state index in [0.29, 0.717) is 23.6 Å². The maximum absolute atomic E-state index is 12.8. The van der Waals surface area contributed by atoms with Gasteiger partial charge in [0.05, 0.1) is 5.92 Å². The zero-order chi connectivity index (χ0) is 18.0. The molecule has 0 aliphatic carbocycles. The predicted octanol–water partition coefficient (Wildman–Crippen LogP) is 3.40. The Morgan fingerprint density at radius 2 is 2.04 bits per heavy atom. The van der Waals surface area contributed by atoms with E-state index >= 15 is 0 Å². The highest BCUT2D eigenvalue weighted by molar-refractivity contribution is 7.91. The van der Waals surface area contributed by atoms with Gasteiger partial charge in [-0.2, -0.15) is 4.31 Å². The number of aryl methyl sites for hydroxylation is 2. The molecule has 25 heavy (non-hydrogen) atoms. The molecule has 1 aromatic heterocycles. The van der Waals surface area contributed by atoms with Crippen LogP contribution in [0.1, 0.15) is 23.3 Å². The number of thiophene rings is 1. The van der Waals surface area contributed by atoms with Crippen molar-refractivity contribution >= 4 is 33.0 Å². The van der Waals surface area contributed by atoms with Crippen LogP contribution in [0.5, 0.6) is 0 Å². The summed E-state index contributed by atoms with van der Waals surface area (Å²) < 4.78 is 27.4. The van der Waals surface area contributed by atoms with E-state index in [-0.39, 0.29) is 18.4 Å². The molecule has 0 saturated carbocycles. The minimum absolute atomic E-state index is 0.118. The van der Waals surface area contributed by atoms with Crippen molar-refractivity contribution in [3.63, 3.8) is 0 Å². The Morgan fingerprint density at radius 3 is 2.72 bits per heavy atom. The minimum atomic E-state index is -3.52. The summed E-state index contributed by atoms with van der Waals surface area (Å²) in [7, 11) is -3.52. The van der Waals surface area contributed by atoms with E-state index in [1.807, 2.05) is 44.2 Å². The van der Waals surface area contributed by atoms with Crippen LogP contribution in [0, 0.1) is 19.8 Å². The predicted molar refractivity (Wildman–Crippen MR) is 100 cm³/mol. The molecule has 1 amide bonds. The lowest BCUT2D eigenvalue weighted by Crippen LogP contribution is -2.43. The number of rotatable bonds is 4. The Hall–Kier alpha value is -1.70. The summed E-state index contributed by atoms with van der Waals surface area (Å²) in [6.45, 7) is 4.55. The SMILES string of the molecule is Cc1cccc(NC(=O)[C@@H]2CCCN(S(=O)(=O)c3ccc(C)s3)C2)c1. The van der Waals surface area contributed by atoms with Gasteiger partial charge in [-0.05, 0) is 56.5 Å². The molecule has 1 aliphatic rings. The minimum Gasteiger partial charge on any atom is -0.326 e. The van der Waals surface area contributed by atoms with E-state index in [1.54, 1.807) is 6.07 Å². The van der Waals surface area contributed by atoms with E-state index in [1.165, 1.54) is 15.6 Å². The third-order valence-corrected chi connectivity index (χ3v) is 7.68. The van der Waals surface area contributed by atoms with Gasteiger partial charge in [0.25, 0.3) is 10.0 Å². The van der Waals surface area contributed by atoms with E-state index in [4.69, 9.17) is 0 Å². The molecule has 1 saturated heterocycles. The number of hydrogen-bond acceptors (Lipinski definition) is 4. The average molecular weight is 379 g/mol. The lowest BCUT2D eigenvalue weighted by atomic mass is 9.98. The van der Waals surface area contributed by atoms with Crippen molar-refractivity contribution in [2.24, 2.45) is 5.92 Å². The number of nitrogens with zero attached hydrogens (tertiary/aromatic N) is 1. The van der Waals surface area contributed by atoms with Crippen LogP contribution in [-0.4, -0.2) is 31.7 Å². The van der Waals surface area contributed by atoms with Gasteiger partial charge in [0.1, 0.15) is 4.21 Å². The molecule has 0 radical (unpaired) electrons. The lowest BCUT2D eigenvalue weighted by molar-refractivity contribution is -0.120. The molecule has 1 aromatic carbocycles. The van der Waals surface area contributed by atoms with Crippen molar-refractivity contribution in [1.29, 1.82) is 0 Å². The van der Waals surface area contributed by atoms with E-state index in [2.05, 4.69) is 5.32 Å². The highest BCUT2D eigenvalue weighted by Gasteiger charge is 2.34.